The van der Waals surface area contributed by atoms with E-state index in [0.717, 1.165) is 0 Å². The van der Waals surface area contributed by atoms with Gasteiger partial charge in [0, 0.05) is 18.5 Å². The van der Waals surface area contributed by atoms with Gasteiger partial charge in [-0.3, -0.25) is 4.79 Å². The van der Waals surface area contributed by atoms with Gasteiger partial charge in [-0.25, -0.2) is 0 Å². The fourth-order valence-electron chi connectivity index (χ4n) is 2.46. The van der Waals surface area contributed by atoms with Gasteiger partial charge in [-0.05, 0) is 56.2 Å². The number of hydrogen-bond acceptors (Lipinski definition) is 2. The predicted molar refractivity (Wildman–Crippen MR) is 77.8 cm³/mol. The van der Waals surface area contributed by atoms with E-state index in [0.29, 0.717) is 19.4 Å². The van der Waals surface area contributed by atoms with Crippen molar-refractivity contribution in [3.63, 3.8) is 0 Å². The Kier molecular flexibility index (Phi) is 4.25. The summed E-state index contributed by atoms with van der Waals surface area (Å²) in [6.45, 7) is 4.51. The number of hydrogen-bond donors (Lipinski definition) is 2. The Morgan fingerprint density at radius 2 is 2.05 bits per heavy atom. The molecule has 1 aromatic rings. The summed E-state index contributed by atoms with van der Waals surface area (Å²) < 4.78 is 0. The zero-order valence-corrected chi connectivity index (χ0v) is 12.0. The van der Waals surface area contributed by atoms with Crippen molar-refractivity contribution in [2.24, 2.45) is 5.73 Å². The lowest BCUT2D eigenvalue weighted by molar-refractivity contribution is -0.121. The van der Waals surface area contributed by atoms with Gasteiger partial charge in [0.1, 0.15) is 0 Å². The van der Waals surface area contributed by atoms with E-state index >= 15 is 0 Å². The third-order valence-corrected chi connectivity index (χ3v) is 3.65. The van der Waals surface area contributed by atoms with E-state index in [1.807, 2.05) is 13.8 Å². The zero-order valence-electron chi connectivity index (χ0n) is 12.0. The molecule has 1 aliphatic rings. The first-order valence-corrected chi connectivity index (χ1v) is 7.10. The molecule has 0 bridgehead atoms. The minimum Gasteiger partial charge on any atom is -0.352 e. The second-order valence-corrected chi connectivity index (χ2v) is 6.22. The van der Waals surface area contributed by atoms with Crippen molar-refractivity contribution in [2.75, 3.05) is 0 Å². The fraction of sp³-hybridized carbons (Fsp3) is 0.562. The van der Waals surface area contributed by atoms with Gasteiger partial charge < -0.3 is 11.1 Å². The maximum atomic E-state index is 11.7. The Labute approximate surface area is 115 Å². The van der Waals surface area contributed by atoms with Crippen LogP contribution >= 0.6 is 0 Å². The predicted octanol–water partition coefficient (Wildman–Crippen LogP) is 2.31. The highest BCUT2D eigenvalue weighted by Crippen LogP contribution is 2.22. The number of carbonyl (C=O) groups excluding carboxylic acids is 1. The number of nitrogens with two attached hydrogens (primary N) is 1. The molecule has 0 radical (unpaired) electrons. The van der Waals surface area contributed by atoms with Crippen molar-refractivity contribution >= 4 is 5.91 Å². The minimum absolute atomic E-state index is 0.0824. The molecule has 0 atom stereocenters. The number of carbonyl (C=O) groups is 1. The summed E-state index contributed by atoms with van der Waals surface area (Å²) in [5.41, 5.74) is 9.72. The van der Waals surface area contributed by atoms with Gasteiger partial charge in [-0.1, -0.05) is 18.2 Å². The molecule has 3 nitrogen and oxygen atoms in total. The van der Waals surface area contributed by atoms with Crippen molar-refractivity contribution in [1.82, 2.24) is 5.32 Å². The van der Waals surface area contributed by atoms with Crippen LogP contribution in [0, 0.1) is 0 Å². The molecule has 0 fully saturated rings. The Morgan fingerprint density at radius 1 is 1.32 bits per heavy atom. The molecule has 2 rings (SSSR count). The lowest BCUT2D eigenvalue weighted by Gasteiger charge is -2.17. The number of fused-ring (bicyclic) bond motifs is 1. The minimum atomic E-state index is -0.273. The first kappa shape index (κ1) is 14.1. The largest absolute Gasteiger partial charge is 0.352 e. The average Bonchev–Trinajstić information content (AvgIpc) is 2.80. The molecule has 0 aliphatic heterocycles. The lowest BCUT2D eigenvalue weighted by Crippen LogP contribution is -2.34. The second kappa shape index (κ2) is 5.74. The van der Waals surface area contributed by atoms with E-state index < -0.39 is 0 Å². The molecular formula is C16H24N2O. The molecule has 0 spiro atoms. The highest BCUT2D eigenvalue weighted by atomic mass is 16.1. The normalized spacial score (nSPS) is 14.3. The summed E-state index contributed by atoms with van der Waals surface area (Å²) in [6.07, 6.45) is 4.85. The van der Waals surface area contributed by atoms with Crippen molar-refractivity contribution in [2.45, 2.75) is 58.0 Å². The van der Waals surface area contributed by atoms with E-state index in [4.69, 9.17) is 5.73 Å². The van der Waals surface area contributed by atoms with Gasteiger partial charge in [0.15, 0.2) is 0 Å². The van der Waals surface area contributed by atoms with Gasteiger partial charge in [-0.15, -0.1) is 0 Å². The van der Waals surface area contributed by atoms with Crippen LogP contribution in [0.4, 0.5) is 0 Å². The Balaban J connectivity index is 1.81. The first-order valence-electron chi connectivity index (χ1n) is 7.10. The van der Waals surface area contributed by atoms with Gasteiger partial charge in [0.25, 0.3) is 0 Å². The lowest BCUT2D eigenvalue weighted by atomic mass is 10.00. The topological polar surface area (TPSA) is 55.1 Å². The number of aryl methyl sites for hydroxylation is 2. The Bertz CT molecular complexity index is 460. The Hall–Kier alpha value is -1.35. The highest BCUT2D eigenvalue weighted by molar-refractivity contribution is 5.75. The average molecular weight is 260 g/mol. The molecule has 1 aliphatic carbocycles. The summed E-state index contributed by atoms with van der Waals surface area (Å²) in [5, 5.41) is 2.97. The van der Waals surface area contributed by atoms with Crippen LogP contribution in [0.25, 0.3) is 0 Å². The van der Waals surface area contributed by atoms with Crippen LogP contribution in [0.3, 0.4) is 0 Å². The van der Waals surface area contributed by atoms with Gasteiger partial charge in [0.05, 0.1) is 0 Å². The molecule has 3 heteroatoms. The molecule has 1 aromatic carbocycles. The van der Waals surface area contributed by atoms with Crippen LogP contribution in [-0.4, -0.2) is 11.4 Å². The number of amides is 1. The smallest absolute Gasteiger partial charge is 0.220 e. The summed E-state index contributed by atoms with van der Waals surface area (Å²) in [4.78, 5) is 11.7. The molecule has 0 heterocycles. The van der Waals surface area contributed by atoms with Crippen LogP contribution < -0.4 is 11.1 Å². The van der Waals surface area contributed by atoms with E-state index in [1.165, 1.54) is 36.0 Å². The molecule has 0 aromatic heterocycles. The van der Waals surface area contributed by atoms with Crippen LogP contribution in [-0.2, 0) is 24.2 Å². The molecule has 19 heavy (non-hydrogen) atoms. The molecule has 0 saturated carbocycles. The summed E-state index contributed by atoms with van der Waals surface area (Å²) in [6, 6.07) is 6.56. The van der Waals surface area contributed by atoms with E-state index in [9.17, 15) is 4.79 Å². The van der Waals surface area contributed by atoms with Gasteiger partial charge >= 0.3 is 0 Å². The number of rotatable bonds is 5. The van der Waals surface area contributed by atoms with Crippen molar-refractivity contribution in [3.05, 3.63) is 34.9 Å². The maximum absolute atomic E-state index is 11.7. The van der Waals surface area contributed by atoms with Crippen LogP contribution in [0.5, 0.6) is 0 Å². The fourth-order valence-corrected chi connectivity index (χ4v) is 2.46. The van der Waals surface area contributed by atoms with E-state index in [1.54, 1.807) is 0 Å². The first-order chi connectivity index (χ1) is 8.94. The van der Waals surface area contributed by atoms with Crippen molar-refractivity contribution in [1.29, 1.82) is 0 Å². The van der Waals surface area contributed by atoms with Gasteiger partial charge in [0.2, 0.25) is 5.91 Å². The van der Waals surface area contributed by atoms with Gasteiger partial charge in [-0.2, -0.15) is 0 Å². The molecule has 0 saturated heterocycles. The molecular weight excluding hydrogens is 236 g/mol. The van der Waals surface area contributed by atoms with Crippen molar-refractivity contribution < 1.29 is 4.79 Å². The molecule has 1 amide bonds. The summed E-state index contributed by atoms with van der Waals surface area (Å²) >= 11 is 0. The zero-order chi connectivity index (χ0) is 13.9. The third kappa shape index (κ3) is 4.35. The Morgan fingerprint density at radius 3 is 2.79 bits per heavy atom. The molecule has 0 unspecified atom stereocenters. The SMILES string of the molecule is CC(C)(N)CCC(=O)NCc1ccc2c(c1)CCC2. The standard InChI is InChI=1S/C16H24N2O/c1-16(2,17)9-8-15(19)18-11-12-6-7-13-4-3-5-14(13)10-12/h6-7,10H,3-5,8-9,11,17H2,1-2H3,(H,18,19). The number of nitrogens with one attached hydrogen (secondary N) is 1. The second-order valence-electron chi connectivity index (χ2n) is 6.22. The molecule has 104 valence electrons. The van der Waals surface area contributed by atoms with Crippen LogP contribution in [0.2, 0.25) is 0 Å². The van der Waals surface area contributed by atoms with Crippen LogP contribution in [0.15, 0.2) is 18.2 Å². The maximum Gasteiger partial charge on any atom is 0.220 e. The third-order valence-electron chi connectivity index (χ3n) is 3.65. The monoisotopic (exact) mass is 260 g/mol. The molecule has 3 N–H and O–H groups in total. The van der Waals surface area contributed by atoms with Crippen LogP contribution in [0.1, 0.15) is 49.8 Å². The summed E-state index contributed by atoms with van der Waals surface area (Å²) in [7, 11) is 0. The van der Waals surface area contributed by atoms with Crippen molar-refractivity contribution in [3.8, 4) is 0 Å². The summed E-state index contributed by atoms with van der Waals surface area (Å²) in [5.74, 6) is 0.0824. The van der Waals surface area contributed by atoms with E-state index in [2.05, 4.69) is 23.5 Å². The highest BCUT2D eigenvalue weighted by Gasteiger charge is 2.14. The number of benzene rings is 1. The quantitative estimate of drug-likeness (QED) is 0.853. The van der Waals surface area contributed by atoms with E-state index in [-0.39, 0.29) is 11.4 Å².